The van der Waals surface area contributed by atoms with Crippen LogP contribution < -0.4 is 15.4 Å². The number of ether oxygens (including phenoxy) is 1. The number of benzene rings is 2. The molecule has 136 valence electrons. The molecule has 7 heteroatoms. The van der Waals surface area contributed by atoms with Crippen molar-refractivity contribution in [1.29, 1.82) is 0 Å². The molecule has 3 aromatic rings. The van der Waals surface area contributed by atoms with Crippen LogP contribution in [0.2, 0.25) is 0 Å². The van der Waals surface area contributed by atoms with Gasteiger partial charge in [-0.05, 0) is 40.2 Å². The van der Waals surface area contributed by atoms with Gasteiger partial charge in [0.05, 0.1) is 10.7 Å². The van der Waals surface area contributed by atoms with Crippen LogP contribution in [0.4, 0.5) is 17.3 Å². The number of nitrogens with one attached hydrogen (secondary N) is 2. The summed E-state index contributed by atoms with van der Waals surface area (Å²) in [4.78, 5) is 8.52. The highest BCUT2D eigenvalue weighted by atomic mass is 79.9. The third-order valence-corrected chi connectivity index (χ3v) is 4.14. The molecule has 0 spiro atoms. The summed E-state index contributed by atoms with van der Waals surface area (Å²) >= 11 is 3.33. The van der Waals surface area contributed by atoms with E-state index in [-0.39, 0.29) is 12.4 Å². The Labute approximate surface area is 165 Å². The number of aromatic nitrogens is 2. The zero-order chi connectivity index (χ0) is 19.1. The molecular formula is C20H17BrN4O2. The number of nitrogens with zero attached hydrogens (tertiary/aromatic N) is 2. The van der Waals surface area contributed by atoms with E-state index in [1.165, 1.54) is 0 Å². The Morgan fingerprint density at radius 3 is 2.78 bits per heavy atom. The van der Waals surface area contributed by atoms with E-state index in [4.69, 9.17) is 11.2 Å². The summed E-state index contributed by atoms with van der Waals surface area (Å²) in [5.41, 5.74) is 2.52. The molecule has 0 bridgehead atoms. The lowest BCUT2D eigenvalue weighted by molar-refractivity contribution is 0.353. The first kappa shape index (κ1) is 18.5. The molecule has 0 aliphatic rings. The minimum absolute atomic E-state index is 0.126. The van der Waals surface area contributed by atoms with Crippen LogP contribution in [0.15, 0.2) is 59.2 Å². The summed E-state index contributed by atoms with van der Waals surface area (Å²) in [6.07, 6.45) is 6.81. The molecule has 27 heavy (non-hydrogen) atoms. The number of hydrogen-bond donors (Lipinski definition) is 3. The van der Waals surface area contributed by atoms with Gasteiger partial charge in [-0.3, -0.25) is 0 Å². The van der Waals surface area contributed by atoms with Crippen LogP contribution in [0.5, 0.6) is 11.6 Å². The average molecular weight is 425 g/mol. The van der Waals surface area contributed by atoms with Crippen molar-refractivity contribution in [2.75, 3.05) is 17.2 Å². The number of para-hydroxylation sites is 1. The Hall–Kier alpha value is -3.24. The third kappa shape index (κ3) is 5.12. The van der Waals surface area contributed by atoms with Crippen LogP contribution in [0.3, 0.4) is 0 Å². The van der Waals surface area contributed by atoms with Gasteiger partial charge in [-0.15, -0.1) is 6.42 Å². The van der Waals surface area contributed by atoms with Gasteiger partial charge in [0.15, 0.2) is 6.61 Å². The summed E-state index contributed by atoms with van der Waals surface area (Å²) < 4.78 is 6.00. The van der Waals surface area contributed by atoms with E-state index in [9.17, 15) is 5.11 Å². The van der Waals surface area contributed by atoms with Crippen LogP contribution in [-0.4, -0.2) is 21.7 Å². The predicted molar refractivity (Wildman–Crippen MR) is 109 cm³/mol. The largest absolute Gasteiger partial charge is 0.508 e. The molecule has 0 saturated carbocycles. The first-order chi connectivity index (χ1) is 13.2. The molecule has 0 fully saturated rings. The molecule has 6 nitrogen and oxygen atoms in total. The van der Waals surface area contributed by atoms with E-state index >= 15 is 0 Å². The summed E-state index contributed by atoms with van der Waals surface area (Å²) in [7, 11) is 0. The lowest BCUT2D eigenvalue weighted by Gasteiger charge is -2.11. The lowest BCUT2D eigenvalue weighted by atomic mass is 10.2. The van der Waals surface area contributed by atoms with E-state index in [2.05, 4.69) is 42.5 Å². The standard InChI is InChI=1S/C20H17BrN4O2/c1-2-10-27-19-17(21)13-23-20(25-19)24-16-8-5-7-15(11-16)22-12-14-6-3-4-9-18(14)26/h1,3-9,11,13,22,26H,10,12H2,(H,23,24,25). The number of halogens is 1. The smallest absolute Gasteiger partial charge is 0.233 e. The Bertz CT molecular complexity index is 972. The number of phenolic OH excluding ortho intramolecular Hbond substituents is 1. The van der Waals surface area contributed by atoms with Crippen molar-refractivity contribution >= 4 is 33.3 Å². The first-order valence-corrected chi connectivity index (χ1v) is 8.91. The van der Waals surface area contributed by atoms with Crippen LogP contribution in [0, 0.1) is 12.3 Å². The van der Waals surface area contributed by atoms with Crippen molar-refractivity contribution in [1.82, 2.24) is 9.97 Å². The minimum atomic E-state index is 0.126. The number of phenols is 1. The summed E-state index contributed by atoms with van der Waals surface area (Å²) in [5.74, 6) is 3.43. The highest BCUT2D eigenvalue weighted by molar-refractivity contribution is 9.10. The van der Waals surface area contributed by atoms with E-state index in [0.29, 0.717) is 22.8 Å². The molecule has 0 atom stereocenters. The fourth-order valence-corrected chi connectivity index (χ4v) is 2.62. The minimum Gasteiger partial charge on any atom is -0.508 e. The SMILES string of the molecule is C#CCOc1nc(Nc2cccc(NCc3ccccc3O)c2)ncc1Br. The molecular weight excluding hydrogens is 408 g/mol. The molecule has 2 aromatic carbocycles. The fourth-order valence-electron chi connectivity index (χ4n) is 2.32. The molecule has 1 aromatic heterocycles. The summed E-state index contributed by atoms with van der Waals surface area (Å²) in [5, 5.41) is 16.3. The van der Waals surface area contributed by atoms with Crippen molar-refractivity contribution in [3.05, 3.63) is 64.8 Å². The molecule has 0 aliphatic heterocycles. The van der Waals surface area contributed by atoms with E-state index in [1.807, 2.05) is 36.4 Å². The maximum absolute atomic E-state index is 9.85. The third-order valence-electron chi connectivity index (χ3n) is 3.60. The monoisotopic (exact) mass is 424 g/mol. The second-order valence-electron chi connectivity index (χ2n) is 5.53. The Morgan fingerprint density at radius 1 is 1.15 bits per heavy atom. The van der Waals surface area contributed by atoms with E-state index in [0.717, 1.165) is 16.9 Å². The van der Waals surface area contributed by atoms with Gasteiger partial charge in [-0.2, -0.15) is 4.98 Å². The maximum atomic E-state index is 9.85. The van der Waals surface area contributed by atoms with Gasteiger partial charge >= 0.3 is 0 Å². The van der Waals surface area contributed by atoms with Crippen molar-refractivity contribution in [3.63, 3.8) is 0 Å². The van der Waals surface area contributed by atoms with Gasteiger partial charge in [-0.25, -0.2) is 4.98 Å². The predicted octanol–water partition coefficient (Wildman–Crippen LogP) is 4.31. The quantitative estimate of drug-likeness (QED) is 0.490. The zero-order valence-corrected chi connectivity index (χ0v) is 15.9. The van der Waals surface area contributed by atoms with Gasteiger partial charge in [0.25, 0.3) is 0 Å². The number of anilines is 3. The topological polar surface area (TPSA) is 79.3 Å². The lowest BCUT2D eigenvalue weighted by Crippen LogP contribution is -2.03. The van der Waals surface area contributed by atoms with Crippen molar-refractivity contribution < 1.29 is 9.84 Å². The molecule has 0 unspecified atom stereocenters. The molecule has 3 rings (SSSR count). The van der Waals surface area contributed by atoms with Crippen LogP contribution in [0.1, 0.15) is 5.56 Å². The molecule has 0 aliphatic carbocycles. The first-order valence-electron chi connectivity index (χ1n) is 8.12. The zero-order valence-electron chi connectivity index (χ0n) is 14.3. The highest BCUT2D eigenvalue weighted by Gasteiger charge is 2.07. The van der Waals surface area contributed by atoms with Gasteiger partial charge < -0.3 is 20.5 Å². The second-order valence-corrected chi connectivity index (χ2v) is 6.38. The van der Waals surface area contributed by atoms with Crippen molar-refractivity contribution in [2.45, 2.75) is 6.54 Å². The van der Waals surface area contributed by atoms with Crippen LogP contribution in [0.25, 0.3) is 0 Å². The Morgan fingerprint density at radius 2 is 1.96 bits per heavy atom. The fraction of sp³-hybridized carbons (Fsp3) is 0.100. The van der Waals surface area contributed by atoms with Crippen LogP contribution >= 0.6 is 15.9 Å². The van der Waals surface area contributed by atoms with Crippen LogP contribution in [-0.2, 0) is 6.54 Å². The molecule has 3 N–H and O–H groups in total. The number of aromatic hydroxyl groups is 1. The second kappa shape index (κ2) is 8.92. The number of terminal acetylenes is 1. The molecule has 1 heterocycles. The molecule has 0 radical (unpaired) electrons. The Kier molecular flexibility index (Phi) is 6.13. The summed E-state index contributed by atoms with van der Waals surface area (Å²) in [6.45, 7) is 0.635. The van der Waals surface area contributed by atoms with Crippen molar-refractivity contribution in [3.8, 4) is 24.0 Å². The molecule has 0 saturated heterocycles. The van der Waals surface area contributed by atoms with Gasteiger partial charge in [0, 0.05) is 23.5 Å². The van der Waals surface area contributed by atoms with Gasteiger partial charge in [0.2, 0.25) is 11.8 Å². The van der Waals surface area contributed by atoms with Gasteiger partial charge in [-0.1, -0.05) is 30.2 Å². The highest BCUT2D eigenvalue weighted by Crippen LogP contribution is 2.25. The number of hydrogen-bond acceptors (Lipinski definition) is 6. The van der Waals surface area contributed by atoms with E-state index < -0.39 is 0 Å². The number of rotatable bonds is 7. The van der Waals surface area contributed by atoms with Crippen molar-refractivity contribution in [2.24, 2.45) is 0 Å². The van der Waals surface area contributed by atoms with Gasteiger partial charge in [0.1, 0.15) is 5.75 Å². The maximum Gasteiger partial charge on any atom is 0.233 e. The summed E-state index contributed by atoms with van der Waals surface area (Å²) in [6, 6.07) is 14.9. The average Bonchev–Trinajstić information content (AvgIpc) is 2.68. The van der Waals surface area contributed by atoms with E-state index in [1.54, 1.807) is 18.3 Å². The normalized spacial score (nSPS) is 10.1. The molecule has 0 amide bonds. The Balaban J connectivity index is 1.69.